The van der Waals surface area contributed by atoms with E-state index in [1.807, 2.05) is 12.1 Å². The van der Waals surface area contributed by atoms with Crippen LogP contribution in [0.15, 0.2) is 29.2 Å². The van der Waals surface area contributed by atoms with Crippen LogP contribution in [0, 0.1) is 0 Å². The third kappa shape index (κ3) is 3.91. The number of carbonyl (C=O) groups is 1. The third-order valence-electron chi connectivity index (χ3n) is 5.34. The van der Waals surface area contributed by atoms with Crippen molar-refractivity contribution in [1.82, 2.24) is 20.1 Å². The van der Waals surface area contributed by atoms with E-state index in [0.29, 0.717) is 19.8 Å². The summed E-state index contributed by atoms with van der Waals surface area (Å²) in [4.78, 5) is 31.5. The quantitative estimate of drug-likeness (QED) is 0.823. The minimum atomic E-state index is -0.654. The van der Waals surface area contributed by atoms with Gasteiger partial charge >= 0.3 is 0 Å². The zero-order chi connectivity index (χ0) is 19.5. The minimum absolute atomic E-state index is 0.221. The van der Waals surface area contributed by atoms with Gasteiger partial charge in [0, 0.05) is 31.9 Å². The van der Waals surface area contributed by atoms with Gasteiger partial charge in [-0.1, -0.05) is 0 Å². The number of hydrogen-bond donors (Lipinski definition) is 1. The van der Waals surface area contributed by atoms with Gasteiger partial charge < -0.3 is 15.0 Å². The highest BCUT2D eigenvalue weighted by Gasteiger charge is 2.21. The topological polar surface area (TPSA) is 89.3 Å². The molecule has 2 aliphatic rings. The van der Waals surface area contributed by atoms with Gasteiger partial charge in [0.1, 0.15) is 11.9 Å². The van der Waals surface area contributed by atoms with Crippen molar-refractivity contribution >= 4 is 11.7 Å². The Bertz CT molecular complexity index is 920. The lowest BCUT2D eigenvalue weighted by molar-refractivity contribution is -0.124. The number of hydrogen-bond acceptors (Lipinski definition) is 6. The molecule has 0 aromatic carbocycles. The van der Waals surface area contributed by atoms with E-state index < -0.39 is 6.04 Å². The third-order valence-corrected chi connectivity index (χ3v) is 5.34. The van der Waals surface area contributed by atoms with E-state index in [2.05, 4.69) is 20.3 Å². The zero-order valence-corrected chi connectivity index (χ0v) is 16.1. The first-order valence-corrected chi connectivity index (χ1v) is 9.79. The second-order valence-corrected chi connectivity index (χ2v) is 7.27. The van der Waals surface area contributed by atoms with Gasteiger partial charge in [0.05, 0.1) is 18.9 Å². The fourth-order valence-electron chi connectivity index (χ4n) is 3.68. The van der Waals surface area contributed by atoms with Crippen molar-refractivity contribution in [2.45, 2.75) is 38.8 Å². The van der Waals surface area contributed by atoms with Gasteiger partial charge in [-0.3, -0.25) is 9.59 Å². The van der Waals surface area contributed by atoms with Gasteiger partial charge in [0.25, 0.3) is 5.56 Å². The number of aryl methyl sites for hydroxylation is 2. The number of pyridine rings is 1. The molecule has 4 rings (SSSR count). The van der Waals surface area contributed by atoms with Gasteiger partial charge in [-0.05, 0) is 49.4 Å². The van der Waals surface area contributed by atoms with Gasteiger partial charge in [-0.25, -0.2) is 9.67 Å². The Morgan fingerprint density at radius 1 is 1.29 bits per heavy atom. The van der Waals surface area contributed by atoms with Crippen molar-refractivity contribution in [3.05, 3.63) is 51.6 Å². The maximum absolute atomic E-state index is 12.6. The Kier molecular flexibility index (Phi) is 5.38. The molecule has 0 spiro atoms. The lowest BCUT2D eigenvalue weighted by Crippen LogP contribution is -2.37. The number of nitrogens with zero attached hydrogens (tertiary/aromatic N) is 4. The molecule has 1 fully saturated rings. The van der Waals surface area contributed by atoms with Crippen molar-refractivity contribution in [2.24, 2.45) is 0 Å². The molecule has 148 valence electrons. The van der Waals surface area contributed by atoms with Crippen molar-refractivity contribution in [2.75, 3.05) is 31.2 Å². The summed E-state index contributed by atoms with van der Waals surface area (Å²) >= 11 is 0. The van der Waals surface area contributed by atoms with Crippen LogP contribution >= 0.6 is 0 Å². The standard InChI is InChI=1S/C20H25N5O3/c1-14(25-19(26)12-16-3-2-4-17(16)23-25)20(27)22-13-15-5-6-21-18(11-15)24-7-9-28-10-8-24/h5-6,11-12,14H,2-4,7-10,13H2,1H3,(H,22,27)/t14-/m0/s1. The van der Waals surface area contributed by atoms with Crippen molar-refractivity contribution in [3.8, 4) is 0 Å². The van der Waals surface area contributed by atoms with E-state index in [4.69, 9.17) is 4.74 Å². The number of amides is 1. The number of fused-ring (bicyclic) bond motifs is 1. The molecule has 1 N–H and O–H groups in total. The van der Waals surface area contributed by atoms with Crippen molar-refractivity contribution < 1.29 is 9.53 Å². The van der Waals surface area contributed by atoms with Crippen LogP contribution in [-0.2, 0) is 28.9 Å². The molecule has 28 heavy (non-hydrogen) atoms. The summed E-state index contributed by atoms with van der Waals surface area (Å²) in [6.07, 6.45) is 4.53. The van der Waals surface area contributed by atoms with Crippen LogP contribution in [-0.4, -0.2) is 47.0 Å². The first kappa shape index (κ1) is 18.6. The van der Waals surface area contributed by atoms with Crippen LogP contribution in [0.1, 0.15) is 36.2 Å². The molecule has 1 saturated heterocycles. The predicted octanol–water partition coefficient (Wildman–Crippen LogP) is 0.841. The molecule has 8 heteroatoms. The van der Waals surface area contributed by atoms with E-state index in [1.54, 1.807) is 19.2 Å². The monoisotopic (exact) mass is 383 g/mol. The lowest BCUT2D eigenvalue weighted by atomic mass is 10.2. The molecule has 0 unspecified atom stereocenters. The van der Waals surface area contributed by atoms with Crippen LogP contribution in [0.25, 0.3) is 0 Å². The molecule has 2 aromatic rings. The highest BCUT2D eigenvalue weighted by Crippen LogP contribution is 2.18. The van der Waals surface area contributed by atoms with E-state index in [-0.39, 0.29) is 11.5 Å². The largest absolute Gasteiger partial charge is 0.378 e. The summed E-state index contributed by atoms with van der Waals surface area (Å²) in [5.74, 6) is 0.664. The summed E-state index contributed by atoms with van der Waals surface area (Å²) in [6.45, 7) is 5.10. The van der Waals surface area contributed by atoms with Crippen LogP contribution in [0.5, 0.6) is 0 Å². The van der Waals surface area contributed by atoms with E-state index in [1.165, 1.54) is 4.68 Å². The molecular weight excluding hydrogens is 358 g/mol. The molecule has 1 aliphatic carbocycles. The number of anilines is 1. The summed E-state index contributed by atoms with van der Waals surface area (Å²) < 4.78 is 6.67. The van der Waals surface area contributed by atoms with Gasteiger partial charge in [-0.2, -0.15) is 5.10 Å². The minimum Gasteiger partial charge on any atom is -0.378 e. The average molecular weight is 383 g/mol. The SMILES string of the molecule is C[C@@H](C(=O)NCc1ccnc(N2CCOCC2)c1)n1nc2c(cc1=O)CCC2. The van der Waals surface area contributed by atoms with Gasteiger partial charge in [-0.15, -0.1) is 0 Å². The molecule has 0 radical (unpaired) electrons. The van der Waals surface area contributed by atoms with Crippen LogP contribution in [0.2, 0.25) is 0 Å². The number of morpholine rings is 1. The second kappa shape index (κ2) is 8.10. The van der Waals surface area contributed by atoms with Crippen LogP contribution in [0.3, 0.4) is 0 Å². The summed E-state index contributed by atoms with van der Waals surface area (Å²) in [7, 11) is 0. The summed E-state index contributed by atoms with van der Waals surface area (Å²) in [6, 6.07) is 4.83. The molecule has 0 bridgehead atoms. The van der Waals surface area contributed by atoms with Crippen LogP contribution in [0.4, 0.5) is 5.82 Å². The number of ether oxygens (including phenoxy) is 1. The molecule has 3 heterocycles. The number of carbonyl (C=O) groups excluding carboxylic acids is 1. The smallest absolute Gasteiger partial charge is 0.267 e. The normalized spacial score (nSPS) is 17.2. The molecule has 0 saturated carbocycles. The highest BCUT2D eigenvalue weighted by molar-refractivity contribution is 5.79. The van der Waals surface area contributed by atoms with Gasteiger partial charge in [0.2, 0.25) is 5.91 Å². The fraction of sp³-hybridized carbons (Fsp3) is 0.500. The van der Waals surface area contributed by atoms with Crippen molar-refractivity contribution in [1.29, 1.82) is 0 Å². The first-order valence-electron chi connectivity index (χ1n) is 9.79. The zero-order valence-electron chi connectivity index (χ0n) is 16.1. The van der Waals surface area contributed by atoms with E-state index >= 15 is 0 Å². The lowest BCUT2D eigenvalue weighted by Gasteiger charge is -2.28. The van der Waals surface area contributed by atoms with Crippen molar-refractivity contribution in [3.63, 3.8) is 0 Å². The summed E-state index contributed by atoms with van der Waals surface area (Å²) in [5.41, 5.74) is 2.69. The average Bonchev–Trinajstić information content (AvgIpc) is 3.19. The molecule has 1 amide bonds. The molecule has 1 aliphatic heterocycles. The maximum atomic E-state index is 12.6. The van der Waals surface area contributed by atoms with E-state index in [0.717, 1.165) is 55.0 Å². The number of rotatable bonds is 5. The van der Waals surface area contributed by atoms with Gasteiger partial charge in [0.15, 0.2) is 0 Å². The fourth-order valence-corrected chi connectivity index (χ4v) is 3.68. The Labute approximate surface area is 163 Å². The molecular formula is C20H25N5O3. The Hall–Kier alpha value is -2.74. The molecule has 2 aromatic heterocycles. The molecule has 1 atom stereocenters. The predicted molar refractivity (Wildman–Crippen MR) is 104 cm³/mol. The first-order chi connectivity index (χ1) is 13.6. The highest BCUT2D eigenvalue weighted by atomic mass is 16.5. The number of nitrogens with one attached hydrogen (secondary N) is 1. The molecule has 8 nitrogen and oxygen atoms in total. The van der Waals surface area contributed by atoms with E-state index in [9.17, 15) is 9.59 Å². The number of aromatic nitrogens is 3. The second-order valence-electron chi connectivity index (χ2n) is 7.27. The Morgan fingerprint density at radius 2 is 2.11 bits per heavy atom. The Balaban J connectivity index is 1.41. The summed E-state index contributed by atoms with van der Waals surface area (Å²) in [5, 5.41) is 7.33. The Morgan fingerprint density at radius 3 is 2.93 bits per heavy atom. The maximum Gasteiger partial charge on any atom is 0.267 e. The van der Waals surface area contributed by atoms with Crippen LogP contribution < -0.4 is 15.8 Å².